The van der Waals surface area contributed by atoms with Gasteiger partial charge in [-0.05, 0) is 30.4 Å². The first-order valence-electron chi connectivity index (χ1n) is 7.27. The van der Waals surface area contributed by atoms with Gasteiger partial charge in [0.1, 0.15) is 5.82 Å². The summed E-state index contributed by atoms with van der Waals surface area (Å²) >= 11 is 0. The Kier molecular flexibility index (Phi) is 3.43. The van der Waals surface area contributed by atoms with E-state index in [0.29, 0.717) is 17.4 Å². The van der Waals surface area contributed by atoms with Crippen molar-refractivity contribution in [2.45, 2.75) is 20.3 Å². The molecule has 3 heteroatoms. The van der Waals surface area contributed by atoms with E-state index in [-0.39, 0.29) is 0 Å². The Hall–Kier alpha value is -1.90. The van der Waals surface area contributed by atoms with Crippen molar-refractivity contribution >= 4 is 23.0 Å². The van der Waals surface area contributed by atoms with Gasteiger partial charge in [-0.25, -0.2) is 4.98 Å². The first-order chi connectivity index (χ1) is 9.67. The second-order valence-electron chi connectivity index (χ2n) is 6.06. The number of anilines is 1. The van der Waals surface area contributed by atoms with Gasteiger partial charge in [0.2, 0.25) is 0 Å². The standard InChI is InChI=1S/C17H20N2O/c1-12-7-13(2)10-19(9-12)17-15(11-20)8-14-5-3-4-6-16(14)18-17/h3-6,8,11-13H,7,9-10H2,1-2H3/t12-,13-/m1/s1. The van der Waals surface area contributed by atoms with Crippen LogP contribution in [0.5, 0.6) is 0 Å². The highest BCUT2D eigenvalue weighted by Gasteiger charge is 2.24. The van der Waals surface area contributed by atoms with Crippen LogP contribution in [0.1, 0.15) is 30.6 Å². The molecule has 0 unspecified atom stereocenters. The molecule has 1 aromatic carbocycles. The predicted octanol–water partition coefficient (Wildman–Crippen LogP) is 3.53. The second kappa shape index (κ2) is 5.23. The molecule has 2 aromatic rings. The predicted molar refractivity (Wildman–Crippen MR) is 82.3 cm³/mol. The lowest BCUT2D eigenvalue weighted by Crippen LogP contribution is -2.39. The molecule has 0 radical (unpaired) electrons. The zero-order chi connectivity index (χ0) is 14.1. The fraction of sp³-hybridized carbons (Fsp3) is 0.412. The fourth-order valence-corrected chi connectivity index (χ4v) is 3.30. The Bertz CT molecular complexity index is 628. The van der Waals surface area contributed by atoms with Gasteiger partial charge < -0.3 is 4.90 Å². The highest BCUT2D eigenvalue weighted by molar-refractivity contribution is 5.91. The molecular formula is C17H20N2O. The van der Waals surface area contributed by atoms with Crippen LogP contribution in [0.25, 0.3) is 10.9 Å². The highest BCUT2D eigenvalue weighted by atomic mass is 16.1. The maximum atomic E-state index is 11.4. The van der Waals surface area contributed by atoms with Crippen LogP contribution in [-0.2, 0) is 0 Å². The Labute approximate surface area is 119 Å². The Morgan fingerprint density at radius 3 is 2.60 bits per heavy atom. The van der Waals surface area contributed by atoms with Gasteiger partial charge in [-0.1, -0.05) is 32.0 Å². The number of pyridine rings is 1. The first-order valence-corrected chi connectivity index (χ1v) is 7.27. The van der Waals surface area contributed by atoms with Gasteiger partial charge in [0.25, 0.3) is 0 Å². The number of aldehydes is 1. The molecule has 0 bridgehead atoms. The topological polar surface area (TPSA) is 33.2 Å². The average molecular weight is 268 g/mol. The molecule has 1 aliphatic rings. The van der Waals surface area contributed by atoms with Crippen LogP contribution in [0.3, 0.4) is 0 Å². The van der Waals surface area contributed by atoms with E-state index in [1.165, 1.54) is 6.42 Å². The average Bonchev–Trinajstić information content (AvgIpc) is 2.44. The Morgan fingerprint density at radius 2 is 1.90 bits per heavy atom. The molecular weight excluding hydrogens is 248 g/mol. The van der Waals surface area contributed by atoms with E-state index in [9.17, 15) is 4.79 Å². The molecule has 0 spiro atoms. The molecule has 1 fully saturated rings. The normalized spacial score (nSPS) is 23.0. The van der Waals surface area contributed by atoms with Gasteiger partial charge in [0.15, 0.2) is 6.29 Å². The molecule has 3 nitrogen and oxygen atoms in total. The van der Waals surface area contributed by atoms with Crippen molar-refractivity contribution in [1.82, 2.24) is 4.98 Å². The number of carbonyl (C=O) groups is 1. The maximum absolute atomic E-state index is 11.4. The summed E-state index contributed by atoms with van der Waals surface area (Å²) in [6, 6.07) is 9.92. The number of fused-ring (bicyclic) bond motifs is 1. The Morgan fingerprint density at radius 1 is 1.20 bits per heavy atom. The molecule has 104 valence electrons. The molecule has 2 heterocycles. The van der Waals surface area contributed by atoms with E-state index >= 15 is 0 Å². The molecule has 2 atom stereocenters. The van der Waals surface area contributed by atoms with Crippen molar-refractivity contribution in [3.63, 3.8) is 0 Å². The number of hydrogen-bond donors (Lipinski definition) is 0. The SMILES string of the molecule is C[C@@H]1C[C@@H](C)CN(c2nc3ccccc3cc2C=O)C1. The molecule has 0 saturated carbocycles. The van der Waals surface area contributed by atoms with Gasteiger partial charge in [0, 0.05) is 18.5 Å². The van der Waals surface area contributed by atoms with E-state index < -0.39 is 0 Å². The van der Waals surface area contributed by atoms with E-state index in [2.05, 4.69) is 18.7 Å². The molecule has 1 aliphatic heterocycles. The smallest absolute Gasteiger partial charge is 0.153 e. The highest BCUT2D eigenvalue weighted by Crippen LogP contribution is 2.28. The summed E-state index contributed by atoms with van der Waals surface area (Å²) in [5.41, 5.74) is 1.66. The third-order valence-corrected chi connectivity index (χ3v) is 4.03. The number of rotatable bonds is 2. The van der Waals surface area contributed by atoms with Crippen LogP contribution in [0.2, 0.25) is 0 Å². The van der Waals surface area contributed by atoms with E-state index in [1.54, 1.807) is 0 Å². The summed E-state index contributed by atoms with van der Waals surface area (Å²) in [5.74, 6) is 2.13. The van der Waals surface area contributed by atoms with Gasteiger partial charge in [-0.3, -0.25) is 4.79 Å². The quantitative estimate of drug-likeness (QED) is 0.781. The van der Waals surface area contributed by atoms with Gasteiger partial charge >= 0.3 is 0 Å². The van der Waals surface area contributed by atoms with E-state index in [4.69, 9.17) is 4.98 Å². The van der Waals surface area contributed by atoms with Crippen LogP contribution < -0.4 is 4.90 Å². The van der Waals surface area contributed by atoms with Crippen molar-refractivity contribution in [2.75, 3.05) is 18.0 Å². The van der Waals surface area contributed by atoms with Crippen molar-refractivity contribution in [1.29, 1.82) is 0 Å². The molecule has 20 heavy (non-hydrogen) atoms. The maximum Gasteiger partial charge on any atom is 0.153 e. The van der Waals surface area contributed by atoms with Crippen molar-refractivity contribution < 1.29 is 4.79 Å². The van der Waals surface area contributed by atoms with Crippen LogP contribution in [0.4, 0.5) is 5.82 Å². The number of aromatic nitrogens is 1. The van der Waals surface area contributed by atoms with Gasteiger partial charge in [0.05, 0.1) is 11.1 Å². The number of nitrogens with zero attached hydrogens (tertiary/aromatic N) is 2. The Balaban J connectivity index is 2.07. The first kappa shape index (κ1) is 13.1. The summed E-state index contributed by atoms with van der Waals surface area (Å²) < 4.78 is 0. The van der Waals surface area contributed by atoms with E-state index in [1.807, 2.05) is 30.3 Å². The monoisotopic (exact) mass is 268 g/mol. The number of para-hydroxylation sites is 1. The molecule has 0 N–H and O–H groups in total. The van der Waals surface area contributed by atoms with Crippen LogP contribution in [0.15, 0.2) is 30.3 Å². The van der Waals surface area contributed by atoms with Crippen molar-refractivity contribution in [3.8, 4) is 0 Å². The lowest BCUT2D eigenvalue weighted by atomic mass is 9.91. The third-order valence-electron chi connectivity index (χ3n) is 4.03. The van der Waals surface area contributed by atoms with Crippen LogP contribution in [-0.4, -0.2) is 24.4 Å². The minimum absolute atomic E-state index is 0.645. The number of hydrogen-bond acceptors (Lipinski definition) is 3. The van der Waals surface area contributed by atoms with Crippen LogP contribution >= 0.6 is 0 Å². The van der Waals surface area contributed by atoms with Gasteiger partial charge in [-0.15, -0.1) is 0 Å². The molecule has 3 rings (SSSR count). The molecule has 1 saturated heterocycles. The van der Waals surface area contributed by atoms with Crippen molar-refractivity contribution in [3.05, 3.63) is 35.9 Å². The molecule has 0 aliphatic carbocycles. The minimum Gasteiger partial charge on any atom is -0.355 e. The molecule has 0 amide bonds. The van der Waals surface area contributed by atoms with Crippen LogP contribution in [0, 0.1) is 11.8 Å². The fourth-order valence-electron chi connectivity index (χ4n) is 3.30. The summed E-state index contributed by atoms with van der Waals surface area (Å²) in [7, 11) is 0. The summed E-state index contributed by atoms with van der Waals surface area (Å²) in [6.07, 6.45) is 2.18. The summed E-state index contributed by atoms with van der Waals surface area (Å²) in [5, 5.41) is 1.02. The summed E-state index contributed by atoms with van der Waals surface area (Å²) in [6.45, 7) is 6.50. The van der Waals surface area contributed by atoms with Gasteiger partial charge in [-0.2, -0.15) is 0 Å². The van der Waals surface area contributed by atoms with Crippen molar-refractivity contribution in [2.24, 2.45) is 11.8 Å². The number of piperidine rings is 1. The largest absolute Gasteiger partial charge is 0.355 e. The second-order valence-corrected chi connectivity index (χ2v) is 6.06. The lowest BCUT2D eigenvalue weighted by molar-refractivity contribution is 0.112. The third kappa shape index (κ3) is 2.40. The van der Waals surface area contributed by atoms with E-state index in [0.717, 1.165) is 36.1 Å². The zero-order valence-corrected chi connectivity index (χ0v) is 12.0. The summed E-state index contributed by atoms with van der Waals surface area (Å²) in [4.78, 5) is 18.4. The minimum atomic E-state index is 0.645. The lowest BCUT2D eigenvalue weighted by Gasteiger charge is -2.36. The molecule has 1 aromatic heterocycles. The number of benzene rings is 1. The zero-order valence-electron chi connectivity index (χ0n) is 12.0. The number of carbonyl (C=O) groups excluding carboxylic acids is 1.